The quantitative estimate of drug-likeness (QED) is 0.719. The Hall–Kier alpha value is -1.63. The number of pyridine rings is 1. The lowest BCUT2D eigenvalue weighted by atomic mass is 9.87. The van der Waals surface area contributed by atoms with Crippen LogP contribution in [-0.2, 0) is 5.41 Å². The predicted octanol–water partition coefficient (Wildman–Crippen LogP) is 5.17. The maximum atomic E-state index is 4.66. The van der Waals surface area contributed by atoms with Crippen molar-refractivity contribution in [3.8, 4) is 11.3 Å². The van der Waals surface area contributed by atoms with E-state index < -0.39 is 0 Å². The Bertz CT molecular complexity index is 545. The number of aromatic nitrogens is 1. The van der Waals surface area contributed by atoms with Crippen LogP contribution in [0.5, 0.6) is 0 Å². The molecule has 0 N–H and O–H groups in total. The van der Waals surface area contributed by atoms with E-state index in [-0.39, 0.29) is 5.41 Å². The maximum absolute atomic E-state index is 4.66. The molecule has 0 atom stereocenters. The predicted molar refractivity (Wildman–Crippen MR) is 82.5 cm³/mol. The summed E-state index contributed by atoms with van der Waals surface area (Å²) in [5.74, 6) is 0.514. The Morgan fingerprint density at radius 1 is 0.947 bits per heavy atom. The molecule has 1 heterocycles. The molecule has 1 aromatic carbocycles. The van der Waals surface area contributed by atoms with Crippen molar-refractivity contribution in [2.75, 3.05) is 0 Å². The van der Waals surface area contributed by atoms with Crippen molar-refractivity contribution in [3.05, 3.63) is 53.7 Å². The van der Waals surface area contributed by atoms with E-state index in [0.717, 1.165) is 5.69 Å². The Kier molecular flexibility index (Phi) is 3.75. The largest absolute Gasteiger partial charge is 0.256 e. The topological polar surface area (TPSA) is 12.9 Å². The van der Waals surface area contributed by atoms with Crippen LogP contribution in [0.4, 0.5) is 0 Å². The van der Waals surface area contributed by atoms with Crippen molar-refractivity contribution in [1.82, 2.24) is 4.98 Å². The highest BCUT2D eigenvalue weighted by atomic mass is 14.7. The van der Waals surface area contributed by atoms with Crippen LogP contribution < -0.4 is 0 Å². The van der Waals surface area contributed by atoms with E-state index >= 15 is 0 Å². The van der Waals surface area contributed by atoms with Crippen LogP contribution in [0.3, 0.4) is 0 Å². The van der Waals surface area contributed by atoms with Gasteiger partial charge in [-0.15, -0.1) is 0 Å². The van der Waals surface area contributed by atoms with Gasteiger partial charge in [-0.05, 0) is 28.5 Å². The Labute approximate surface area is 116 Å². The molecule has 0 aliphatic carbocycles. The molecule has 1 heteroatoms. The van der Waals surface area contributed by atoms with Crippen molar-refractivity contribution in [1.29, 1.82) is 0 Å². The molecule has 0 aliphatic rings. The summed E-state index contributed by atoms with van der Waals surface area (Å²) in [7, 11) is 0. The van der Waals surface area contributed by atoms with Gasteiger partial charge < -0.3 is 0 Å². The van der Waals surface area contributed by atoms with Crippen molar-refractivity contribution in [2.45, 2.75) is 46.0 Å². The summed E-state index contributed by atoms with van der Waals surface area (Å²) in [4.78, 5) is 4.66. The van der Waals surface area contributed by atoms with Gasteiger partial charge in [-0.1, -0.05) is 65.0 Å². The zero-order chi connectivity index (χ0) is 14.0. The normalized spacial score (nSPS) is 11.9. The van der Waals surface area contributed by atoms with E-state index in [2.05, 4.69) is 76.0 Å². The molecule has 0 fully saturated rings. The van der Waals surface area contributed by atoms with Gasteiger partial charge in [-0.3, -0.25) is 4.98 Å². The van der Waals surface area contributed by atoms with E-state index in [9.17, 15) is 0 Å². The third kappa shape index (κ3) is 3.04. The lowest BCUT2D eigenvalue weighted by molar-refractivity contribution is 0.587. The molecule has 0 bridgehead atoms. The van der Waals surface area contributed by atoms with Crippen LogP contribution in [0.1, 0.15) is 51.7 Å². The fraction of sp³-hybridized carbons (Fsp3) is 0.389. The highest BCUT2D eigenvalue weighted by Gasteiger charge is 2.15. The second kappa shape index (κ2) is 5.16. The molecule has 2 aromatic rings. The third-order valence-electron chi connectivity index (χ3n) is 3.49. The highest BCUT2D eigenvalue weighted by Crippen LogP contribution is 2.29. The maximum Gasteiger partial charge on any atom is 0.0705 e. The van der Waals surface area contributed by atoms with E-state index in [1.165, 1.54) is 16.7 Å². The second-order valence-electron chi connectivity index (χ2n) is 6.42. The summed E-state index contributed by atoms with van der Waals surface area (Å²) in [5.41, 5.74) is 5.11. The first-order chi connectivity index (χ1) is 8.89. The third-order valence-corrected chi connectivity index (χ3v) is 3.49. The number of rotatable bonds is 2. The molecule has 1 nitrogen and oxygen atoms in total. The smallest absolute Gasteiger partial charge is 0.0705 e. The minimum Gasteiger partial charge on any atom is -0.256 e. The lowest BCUT2D eigenvalue weighted by Crippen LogP contribution is -2.11. The molecule has 0 saturated carbocycles. The van der Waals surface area contributed by atoms with Crippen LogP contribution in [0, 0.1) is 0 Å². The zero-order valence-corrected chi connectivity index (χ0v) is 12.6. The molecule has 100 valence electrons. The number of hydrogen-bond donors (Lipinski definition) is 0. The minimum atomic E-state index is 0.156. The van der Waals surface area contributed by atoms with Gasteiger partial charge in [0.2, 0.25) is 0 Å². The molecule has 0 radical (unpaired) electrons. The van der Waals surface area contributed by atoms with Gasteiger partial charge in [0, 0.05) is 11.8 Å². The van der Waals surface area contributed by atoms with Crippen LogP contribution >= 0.6 is 0 Å². The monoisotopic (exact) mass is 253 g/mol. The molecule has 0 unspecified atom stereocenters. The molecule has 0 spiro atoms. The molecular formula is C18H23N. The summed E-state index contributed by atoms with van der Waals surface area (Å²) >= 11 is 0. The Morgan fingerprint density at radius 3 is 2.16 bits per heavy atom. The number of nitrogens with zero attached hydrogens (tertiary/aromatic N) is 1. The number of benzene rings is 1. The van der Waals surface area contributed by atoms with Crippen molar-refractivity contribution < 1.29 is 0 Å². The first-order valence-corrected chi connectivity index (χ1v) is 6.95. The molecule has 0 aliphatic heterocycles. The van der Waals surface area contributed by atoms with Crippen LogP contribution in [0.25, 0.3) is 11.3 Å². The summed E-state index contributed by atoms with van der Waals surface area (Å²) < 4.78 is 0. The van der Waals surface area contributed by atoms with Crippen molar-refractivity contribution in [3.63, 3.8) is 0 Å². The molecular weight excluding hydrogens is 230 g/mol. The standard InChI is InChI=1S/C18H23N/c1-13(2)15-8-6-7-9-16(15)17-11-10-14(12-19-17)18(3,4)5/h6-13H,1-5H3. The van der Waals surface area contributed by atoms with Gasteiger partial charge in [-0.25, -0.2) is 0 Å². The summed E-state index contributed by atoms with van der Waals surface area (Å²) in [6.07, 6.45) is 2.01. The lowest BCUT2D eigenvalue weighted by Gasteiger charge is -2.19. The van der Waals surface area contributed by atoms with Crippen LogP contribution in [0.2, 0.25) is 0 Å². The average Bonchev–Trinajstić information content (AvgIpc) is 2.38. The Morgan fingerprint density at radius 2 is 1.63 bits per heavy atom. The SMILES string of the molecule is CC(C)c1ccccc1-c1ccc(C(C)(C)C)cn1. The fourth-order valence-corrected chi connectivity index (χ4v) is 2.23. The average molecular weight is 253 g/mol. The van der Waals surface area contributed by atoms with E-state index in [0.29, 0.717) is 5.92 Å². The minimum absolute atomic E-state index is 0.156. The van der Waals surface area contributed by atoms with E-state index in [1.54, 1.807) is 0 Å². The first kappa shape index (κ1) is 13.8. The van der Waals surface area contributed by atoms with Gasteiger partial charge >= 0.3 is 0 Å². The molecule has 0 saturated heterocycles. The number of hydrogen-bond acceptors (Lipinski definition) is 1. The Balaban J connectivity index is 2.43. The van der Waals surface area contributed by atoms with Gasteiger partial charge in [0.1, 0.15) is 0 Å². The summed E-state index contributed by atoms with van der Waals surface area (Å²) in [5, 5.41) is 0. The summed E-state index contributed by atoms with van der Waals surface area (Å²) in [6, 6.07) is 12.9. The molecule has 0 amide bonds. The molecule has 1 aromatic heterocycles. The van der Waals surface area contributed by atoms with Crippen LogP contribution in [-0.4, -0.2) is 4.98 Å². The fourth-order valence-electron chi connectivity index (χ4n) is 2.23. The highest BCUT2D eigenvalue weighted by molar-refractivity contribution is 5.64. The second-order valence-corrected chi connectivity index (χ2v) is 6.42. The van der Waals surface area contributed by atoms with Gasteiger partial charge in [0.25, 0.3) is 0 Å². The van der Waals surface area contributed by atoms with E-state index in [4.69, 9.17) is 0 Å². The van der Waals surface area contributed by atoms with Gasteiger partial charge in [0.05, 0.1) is 5.69 Å². The van der Waals surface area contributed by atoms with Crippen molar-refractivity contribution >= 4 is 0 Å². The first-order valence-electron chi connectivity index (χ1n) is 6.95. The molecule has 19 heavy (non-hydrogen) atoms. The van der Waals surface area contributed by atoms with Crippen molar-refractivity contribution in [2.24, 2.45) is 0 Å². The van der Waals surface area contributed by atoms with Gasteiger partial charge in [-0.2, -0.15) is 0 Å². The molecule has 2 rings (SSSR count). The summed E-state index contributed by atoms with van der Waals surface area (Å²) in [6.45, 7) is 11.1. The van der Waals surface area contributed by atoms with Crippen LogP contribution in [0.15, 0.2) is 42.6 Å². The van der Waals surface area contributed by atoms with E-state index in [1.807, 2.05) is 6.20 Å². The van der Waals surface area contributed by atoms with Gasteiger partial charge in [0.15, 0.2) is 0 Å². The zero-order valence-electron chi connectivity index (χ0n) is 12.6.